The molecule has 1 rings (SSSR count). The van der Waals surface area contributed by atoms with Gasteiger partial charge in [-0.05, 0) is 6.92 Å². The number of hydrogen-bond acceptors (Lipinski definition) is 6. The number of alkyl halides is 2. The van der Waals surface area contributed by atoms with Gasteiger partial charge in [0, 0.05) is 6.07 Å². The number of hydrogen-bond donors (Lipinski definition) is 0. The number of carbonyl (C=O) groups excluding carboxylic acids is 1. The fourth-order valence-electron chi connectivity index (χ4n) is 1.47. The molecule has 1 aromatic rings. The molecular formula is C11H9F2N3O4. The normalized spacial score (nSPS) is 10.2. The smallest absolute Gasteiger partial charge is 0.311 e. The first kappa shape index (κ1) is 15.4. The standard InChI is InChI=1S/C11H9F2N3O4/c1-2-20-9(17)4-6-3-8(16(18)19)7(5-14)10(15-6)11(12)13/h3,11H,2,4H2,1H3. The number of nitriles is 1. The molecule has 0 unspecified atom stereocenters. The third-order valence-corrected chi connectivity index (χ3v) is 2.23. The fraction of sp³-hybridized carbons (Fsp3) is 0.364. The number of rotatable bonds is 5. The predicted molar refractivity (Wildman–Crippen MR) is 60.9 cm³/mol. The summed E-state index contributed by atoms with van der Waals surface area (Å²) >= 11 is 0. The summed E-state index contributed by atoms with van der Waals surface area (Å²) in [4.78, 5) is 24.5. The van der Waals surface area contributed by atoms with E-state index >= 15 is 0 Å². The van der Waals surface area contributed by atoms with Crippen LogP contribution in [0.4, 0.5) is 14.5 Å². The second kappa shape index (κ2) is 6.51. The summed E-state index contributed by atoms with van der Waals surface area (Å²) in [6, 6.07) is 2.15. The minimum absolute atomic E-state index is 0.0823. The van der Waals surface area contributed by atoms with Crippen molar-refractivity contribution in [1.82, 2.24) is 4.98 Å². The third-order valence-electron chi connectivity index (χ3n) is 2.23. The van der Waals surface area contributed by atoms with Crippen molar-refractivity contribution in [3.63, 3.8) is 0 Å². The van der Waals surface area contributed by atoms with Gasteiger partial charge in [0.25, 0.3) is 12.1 Å². The minimum atomic E-state index is -3.16. The molecule has 0 fully saturated rings. The van der Waals surface area contributed by atoms with Gasteiger partial charge in [-0.3, -0.25) is 14.9 Å². The second-order valence-electron chi connectivity index (χ2n) is 3.54. The van der Waals surface area contributed by atoms with E-state index in [2.05, 4.69) is 9.72 Å². The summed E-state index contributed by atoms with van der Waals surface area (Å²) in [6.07, 6.45) is -3.65. The van der Waals surface area contributed by atoms with Crippen molar-refractivity contribution in [2.24, 2.45) is 0 Å². The number of nitrogens with zero attached hydrogens (tertiary/aromatic N) is 3. The van der Waals surface area contributed by atoms with Crippen LogP contribution in [0.5, 0.6) is 0 Å². The Morgan fingerprint density at radius 3 is 2.75 bits per heavy atom. The van der Waals surface area contributed by atoms with Gasteiger partial charge in [0.1, 0.15) is 11.8 Å². The SMILES string of the molecule is CCOC(=O)Cc1cc([N+](=O)[O-])c(C#N)c(C(F)F)n1. The Morgan fingerprint density at radius 2 is 2.30 bits per heavy atom. The zero-order valence-corrected chi connectivity index (χ0v) is 10.3. The lowest BCUT2D eigenvalue weighted by Crippen LogP contribution is -2.11. The van der Waals surface area contributed by atoms with E-state index in [-0.39, 0.29) is 12.3 Å². The van der Waals surface area contributed by atoms with Crippen LogP contribution in [0.25, 0.3) is 0 Å². The van der Waals surface area contributed by atoms with Crippen molar-refractivity contribution in [1.29, 1.82) is 5.26 Å². The van der Waals surface area contributed by atoms with Crippen LogP contribution in [0, 0.1) is 21.4 Å². The first-order valence-electron chi connectivity index (χ1n) is 5.42. The first-order valence-corrected chi connectivity index (χ1v) is 5.42. The topological polar surface area (TPSA) is 106 Å². The van der Waals surface area contributed by atoms with E-state index in [1.165, 1.54) is 6.07 Å². The van der Waals surface area contributed by atoms with Crippen LogP contribution in [0.1, 0.15) is 30.3 Å². The first-order chi connectivity index (χ1) is 9.40. The van der Waals surface area contributed by atoms with Gasteiger partial charge in [-0.15, -0.1) is 0 Å². The minimum Gasteiger partial charge on any atom is -0.466 e. The van der Waals surface area contributed by atoms with Crippen molar-refractivity contribution in [2.75, 3.05) is 6.61 Å². The van der Waals surface area contributed by atoms with Crippen molar-refractivity contribution >= 4 is 11.7 Å². The summed E-state index contributed by atoms with van der Waals surface area (Å²) in [5.74, 6) is -0.751. The zero-order chi connectivity index (χ0) is 15.3. The number of esters is 1. The molecule has 1 aromatic heterocycles. The van der Waals surface area contributed by atoms with E-state index < -0.39 is 40.7 Å². The Kier molecular flexibility index (Phi) is 5.02. The highest BCUT2D eigenvalue weighted by atomic mass is 19.3. The predicted octanol–water partition coefficient (Wildman–Crippen LogP) is 1.90. The highest BCUT2D eigenvalue weighted by molar-refractivity contribution is 5.72. The summed E-state index contributed by atoms with van der Waals surface area (Å²) in [7, 11) is 0. The Bertz CT molecular complexity index is 584. The number of pyridine rings is 1. The number of carbonyl (C=O) groups is 1. The van der Waals surface area contributed by atoms with E-state index in [1.807, 2.05) is 0 Å². The number of nitro groups is 1. The van der Waals surface area contributed by atoms with Crippen LogP contribution >= 0.6 is 0 Å². The molecule has 1 heterocycles. The van der Waals surface area contributed by atoms with Crippen LogP contribution in [0.3, 0.4) is 0 Å². The maximum absolute atomic E-state index is 12.8. The lowest BCUT2D eigenvalue weighted by Gasteiger charge is -2.06. The van der Waals surface area contributed by atoms with E-state index in [9.17, 15) is 23.7 Å². The maximum Gasteiger partial charge on any atom is 0.311 e. The average Bonchev–Trinajstić information content (AvgIpc) is 2.37. The molecule has 0 saturated carbocycles. The quantitative estimate of drug-likeness (QED) is 0.464. The molecule has 0 saturated heterocycles. The average molecular weight is 285 g/mol. The third kappa shape index (κ3) is 3.44. The highest BCUT2D eigenvalue weighted by Gasteiger charge is 2.26. The molecule has 20 heavy (non-hydrogen) atoms. The Morgan fingerprint density at radius 1 is 1.65 bits per heavy atom. The van der Waals surface area contributed by atoms with Crippen LogP contribution in [0.15, 0.2) is 6.07 Å². The van der Waals surface area contributed by atoms with Crippen LogP contribution in [-0.2, 0) is 16.0 Å². The summed E-state index contributed by atoms with van der Waals surface area (Å²) in [6.45, 7) is 1.63. The van der Waals surface area contributed by atoms with E-state index in [0.29, 0.717) is 0 Å². The Balaban J connectivity index is 3.32. The van der Waals surface area contributed by atoms with Gasteiger partial charge in [-0.1, -0.05) is 0 Å². The lowest BCUT2D eigenvalue weighted by molar-refractivity contribution is -0.385. The molecule has 106 valence electrons. The molecule has 0 amide bonds. The summed E-state index contributed by atoms with van der Waals surface area (Å²) in [5, 5.41) is 19.5. The Labute approximate surface area is 111 Å². The van der Waals surface area contributed by atoms with Gasteiger partial charge in [0.15, 0.2) is 5.56 Å². The van der Waals surface area contributed by atoms with Crippen molar-refractivity contribution in [3.8, 4) is 6.07 Å². The molecule has 0 atom stereocenters. The van der Waals surface area contributed by atoms with Crippen LogP contribution in [0.2, 0.25) is 0 Å². The number of halogens is 2. The molecule has 0 bridgehead atoms. The lowest BCUT2D eigenvalue weighted by atomic mass is 10.1. The molecule has 0 N–H and O–H groups in total. The van der Waals surface area contributed by atoms with E-state index in [4.69, 9.17) is 5.26 Å². The van der Waals surface area contributed by atoms with Gasteiger partial charge >= 0.3 is 5.97 Å². The molecule has 0 aliphatic rings. The van der Waals surface area contributed by atoms with Gasteiger partial charge in [-0.2, -0.15) is 5.26 Å². The molecule has 0 radical (unpaired) electrons. The summed E-state index contributed by atoms with van der Waals surface area (Å²) in [5.41, 5.74) is -2.87. The molecule has 7 nitrogen and oxygen atoms in total. The van der Waals surface area contributed by atoms with E-state index in [1.54, 1.807) is 6.92 Å². The van der Waals surface area contributed by atoms with Crippen molar-refractivity contribution in [3.05, 3.63) is 33.1 Å². The largest absolute Gasteiger partial charge is 0.466 e. The Hall–Kier alpha value is -2.63. The monoisotopic (exact) mass is 285 g/mol. The fourth-order valence-corrected chi connectivity index (χ4v) is 1.47. The van der Waals surface area contributed by atoms with E-state index in [0.717, 1.165) is 6.07 Å². The van der Waals surface area contributed by atoms with Crippen LogP contribution < -0.4 is 0 Å². The van der Waals surface area contributed by atoms with Gasteiger partial charge in [0.05, 0.1) is 23.6 Å². The molecule has 9 heteroatoms. The molecule has 0 spiro atoms. The molecule has 0 aliphatic heterocycles. The second-order valence-corrected chi connectivity index (χ2v) is 3.54. The zero-order valence-electron chi connectivity index (χ0n) is 10.3. The highest BCUT2D eigenvalue weighted by Crippen LogP contribution is 2.28. The maximum atomic E-state index is 12.8. The molecule has 0 aromatic carbocycles. The molecule has 0 aliphatic carbocycles. The number of aromatic nitrogens is 1. The van der Waals surface area contributed by atoms with Gasteiger partial charge < -0.3 is 4.74 Å². The van der Waals surface area contributed by atoms with Crippen molar-refractivity contribution < 1.29 is 23.2 Å². The molecular weight excluding hydrogens is 276 g/mol. The van der Waals surface area contributed by atoms with Gasteiger partial charge in [0.2, 0.25) is 0 Å². The number of ether oxygens (including phenoxy) is 1. The van der Waals surface area contributed by atoms with Crippen molar-refractivity contribution in [2.45, 2.75) is 19.8 Å². The summed E-state index contributed by atoms with van der Waals surface area (Å²) < 4.78 is 30.1. The van der Waals surface area contributed by atoms with Crippen LogP contribution in [-0.4, -0.2) is 22.5 Å². The van der Waals surface area contributed by atoms with Gasteiger partial charge in [-0.25, -0.2) is 13.8 Å².